The third kappa shape index (κ3) is 4.32. The van der Waals surface area contributed by atoms with Gasteiger partial charge < -0.3 is 10.6 Å². The first-order valence-electron chi connectivity index (χ1n) is 7.76. The van der Waals surface area contributed by atoms with Gasteiger partial charge in [-0.05, 0) is 37.3 Å². The highest BCUT2D eigenvalue weighted by Crippen LogP contribution is 2.14. The van der Waals surface area contributed by atoms with Gasteiger partial charge in [-0.3, -0.25) is 9.97 Å². The minimum absolute atomic E-state index is 0.137. The van der Waals surface area contributed by atoms with Crippen LogP contribution in [-0.4, -0.2) is 31.1 Å². The molecule has 0 aliphatic carbocycles. The largest absolute Gasteiger partial charge is 0.324 e. The number of carbonyl (C=O) groups is 1. The standard InChI is InChI=1S/C17H17N5O3S/c1-12-2-5-14(6-3-12)26(24,25)21-11-20-17(23)22-13-4-7-15-16(10-13)19-9-8-18-15/h2-10,21H,11H2,1H3,(H2,20,22,23). The molecule has 2 amide bonds. The third-order valence-electron chi connectivity index (χ3n) is 3.57. The van der Waals surface area contributed by atoms with Crippen LogP contribution in [-0.2, 0) is 10.0 Å². The van der Waals surface area contributed by atoms with Gasteiger partial charge in [-0.2, -0.15) is 4.72 Å². The normalized spacial score (nSPS) is 11.3. The van der Waals surface area contributed by atoms with Crippen molar-refractivity contribution in [2.75, 3.05) is 12.0 Å². The lowest BCUT2D eigenvalue weighted by Crippen LogP contribution is -2.39. The molecule has 1 aromatic heterocycles. The van der Waals surface area contributed by atoms with Crippen LogP contribution >= 0.6 is 0 Å². The second kappa shape index (κ2) is 7.46. The molecule has 3 N–H and O–H groups in total. The molecule has 0 spiro atoms. The highest BCUT2D eigenvalue weighted by Gasteiger charge is 2.13. The Balaban J connectivity index is 1.55. The fourth-order valence-electron chi connectivity index (χ4n) is 2.23. The molecule has 26 heavy (non-hydrogen) atoms. The van der Waals surface area contributed by atoms with E-state index >= 15 is 0 Å². The van der Waals surface area contributed by atoms with Gasteiger partial charge in [0, 0.05) is 18.1 Å². The summed E-state index contributed by atoms with van der Waals surface area (Å²) in [6, 6.07) is 11.0. The fraction of sp³-hybridized carbons (Fsp3) is 0.118. The second-order valence-corrected chi connectivity index (χ2v) is 7.30. The number of hydrogen-bond acceptors (Lipinski definition) is 5. The van der Waals surface area contributed by atoms with Crippen LogP contribution in [0.3, 0.4) is 0 Å². The smallest absolute Gasteiger partial charge is 0.320 e. The number of anilines is 1. The first-order valence-corrected chi connectivity index (χ1v) is 9.24. The van der Waals surface area contributed by atoms with Gasteiger partial charge in [-0.25, -0.2) is 13.2 Å². The van der Waals surface area contributed by atoms with E-state index in [4.69, 9.17) is 0 Å². The molecule has 0 unspecified atom stereocenters. The molecule has 0 aliphatic heterocycles. The van der Waals surface area contributed by atoms with E-state index in [-0.39, 0.29) is 11.6 Å². The summed E-state index contributed by atoms with van der Waals surface area (Å²) in [6.45, 7) is 1.63. The van der Waals surface area contributed by atoms with Crippen LogP contribution in [0.15, 0.2) is 59.8 Å². The molecule has 0 radical (unpaired) electrons. The van der Waals surface area contributed by atoms with E-state index in [1.807, 2.05) is 6.92 Å². The monoisotopic (exact) mass is 371 g/mol. The molecule has 0 fully saturated rings. The van der Waals surface area contributed by atoms with Crippen molar-refractivity contribution < 1.29 is 13.2 Å². The van der Waals surface area contributed by atoms with E-state index in [1.165, 1.54) is 12.1 Å². The number of carbonyl (C=O) groups excluding carboxylic acids is 1. The minimum Gasteiger partial charge on any atom is -0.324 e. The first-order chi connectivity index (χ1) is 12.4. The number of rotatable bonds is 5. The maximum atomic E-state index is 12.1. The van der Waals surface area contributed by atoms with E-state index in [0.717, 1.165) is 5.56 Å². The van der Waals surface area contributed by atoms with Gasteiger partial charge in [0.1, 0.15) is 0 Å². The summed E-state index contributed by atoms with van der Waals surface area (Å²) < 4.78 is 26.6. The van der Waals surface area contributed by atoms with Crippen LogP contribution in [0, 0.1) is 6.92 Å². The zero-order chi connectivity index (χ0) is 18.6. The van der Waals surface area contributed by atoms with Crippen molar-refractivity contribution in [1.29, 1.82) is 0 Å². The van der Waals surface area contributed by atoms with Crippen molar-refractivity contribution in [3.63, 3.8) is 0 Å². The van der Waals surface area contributed by atoms with E-state index in [9.17, 15) is 13.2 Å². The molecule has 0 bridgehead atoms. The molecule has 2 aromatic carbocycles. The SMILES string of the molecule is Cc1ccc(S(=O)(=O)NCNC(=O)Nc2ccc3nccnc3c2)cc1. The van der Waals surface area contributed by atoms with Gasteiger partial charge in [0.25, 0.3) is 0 Å². The summed E-state index contributed by atoms with van der Waals surface area (Å²) in [5.41, 5.74) is 2.84. The van der Waals surface area contributed by atoms with Crippen LogP contribution in [0.2, 0.25) is 0 Å². The predicted molar refractivity (Wildman–Crippen MR) is 98.1 cm³/mol. The molecular weight excluding hydrogens is 354 g/mol. The molecule has 3 aromatic rings. The zero-order valence-corrected chi connectivity index (χ0v) is 14.7. The van der Waals surface area contributed by atoms with Crippen LogP contribution in [0.4, 0.5) is 10.5 Å². The minimum atomic E-state index is -3.69. The van der Waals surface area contributed by atoms with Crippen LogP contribution in [0.5, 0.6) is 0 Å². The number of fused-ring (bicyclic) bond motifs is 1. The summed E-state index contributed by atoms with van der Waals surface area (Å²) >= 11 is 0. The van der Waals surface area contributed by atoms with Crippen molar-refractivity contribution in [3.05, 3.63) is 60.4 Å². The highest BCUT2D eigenvalue weighted by molar-refractivity contribution is 7.89. The Morgan fingerprint density at radius 3 is 2.42 bits per heavy atom. The Labute approximate surface area is 150 Å². The lowest BCUT2D eigenvalue weighted by molar-refractivity contribution is 0.252. The first kappa shape index (κ1) is 17.8. The van der Waals surface area contributed by atoms with Crippen molar-refractivity contribution in [2.24, 2.45) is 0 Å². The van der Waals surface area contributed by atoms with Gasteiger partial charge in [0.05, 0.1) is 22.6 Å². The molecule has 0 saturated carbocycles. The number of nitrogens with zero attached hydrogens (tertiary/aromatic N) is 2. The van der Waals surface area contributed by atoms with Crippen LogP contribution < -0.4 is 15.4 Å². The Morgan fingerprint density at radius 2 is 1.69 bits per heavy atom. The average Bonchev–Trinajstić information content (AvgIpc) is 2.62. The van der Waals surface area contributed by atoms with Gasteiger partial charge in [0.15, 0.2) is 0 Å². The van der Waals surface area contributed by atoms with Crippen molar-refractivity contribution in [1.82, 2.24) is 20.0 Å². The summed E-state index contributed by atoms with van der Waals surface area (Å²) in [7, 11) is -3.69. The molecule has 9 heteroatoms. The third-order valence-corrected chi connectivity index (χ3v) is 4.99. The van der Waals surface area contributed by atoms with Gasteiger partial charge in [-0.1, -0.05) is 17.7 Å². The van der Waals surface area contributed by atoms with Gasteiger partial charge in [0.2, 0.25) is 10.0 Å². The zero-order valence-electron chi connectivity index (χ0n) is 13.9. The fourth-order valence-corrected chi connectivity index (χ4v) is 3.15. The highest BCUT2D eigenvalue weighted by atomic mass is 32.2. The van der Waals surface area contributed by atoms with E-state index in [2.05, 4.69) is 25.3 Å². The maximum absolute atomic E-state index is 12.1. The number of amides is 2. The van der Waals surface area contributed by atoms with Crippen molar-refractivity contribution in [3.8, 4) is 0 Å². The van der Waals surface area contributed by atoms with E-state index in [0.29, 0.717) is 16.7 Å². The molecule has 0 atom stereocenters. The summed E-state index contributed by atoms with van der Waals surface area (Å²) in [5.74, 6) is 0. The van der Waals surface area contributed by atoms with Crippen molar-refractivity contribution >= 4 is 32.8 Å². The quantitative estimate of drug-likeness (QED) is 0.594. The van der Waals surface area contributed by atoms with Crippen LogP contribution in [0.1, 0.15) is 5.56 Å². The summed E-state index contributed by atoms with van der Waals surface area (Å²) in [5, 5.41) is 5.06. The maximum Gasteiger partial charge on any atom is 0.320 e. The van der Waals surface area contributed by atoms with Crippen molar-refractivity contribution in [2.45, 2.75) is 11.8 Å². The van der Waals surface area contributed by atoms with Gasteiger partial charge in [-0.15, -0.1) is 0 Å². The molecule has 0 saturated heterocycles. The van der Waals surface area contributed by atoms with E-state index < -0.39 is 16.1 Å². The summed E-state index contributed by atoms with van der Waals surface area (Å²) in [4.78, 5) is 20.4. The molecule has 3 rings (SSSR count). The number of aromatic nitrogens is 2. The Hall–Kier alpha value is -3.04. The van der Waals surface area contributed by atoms with E-state index in [1.54, 1.807) is 42.7 Å². The molecular formula is C17H17N5O3S. The predicted octanol–water partition coefficient (Wildman–Crippen LogP) is 2.00. The Kier molecular flexibility index (Phi) is 5.10. The molecule has 1 heterocycles. The average molecular weight is 371 g/mol. The summed E-state index contributed by atoms with van der Waals surface area (Å²) in [6.07, 6.45) is 3.15. The number of benzene rings is 2. The lowest BCUT2D eigenvalue weighted by atomic mass is 10.2. The number of urea groups is 1. The number of sulfonamides is 1. The van der Waals surface area contributed by atoms with Crippen LogP contribution in [0.25, 0.3) is 11.0 Å². The number of aryl methyl sites for hydroxylation is 1. The topological polar surface area (TPSA) is 113 Å². The Morgan fingerprint density at radius 1 is 1.00 bits per heavy atom. The molecule has 8 nitrogen and oxygen atoms in total. The van der Waals surface area contributed by atoms with Gasteiger partial charge >= 0.3 is 6.03 Å². The number of hydrogen-bond donors (Lipinski definition) is 3. The lowest BCUT2D eigenvalue weighted by Gasteiger charge is -2.10. The number of nitrogens with one attached hydrogen (secondary N) is 3. The molecule has 0 aliphatic rings. The second-order valence-electron chi connectivity index (χ2n) is 5.53. The molecule has 134 valence electrons. The Bertz CT molecular complexity index is 1040.